The Bertz CT molecular complexity index is 836. The highest BCUT2D eigenvalue weighted by atomic mass is 32.1. The van der Waals surface area contributed by atoms with E-state index in [1.165, 1.54) is 56.7 Å². The summed E-state index contributed by atoms with van der Waals surface area (Å²) in [7, 11) is 0. The van der Waals surface area contributed by atoms with Gasteiger partial charge in [0.05, 0.1) is 18.5 Å². The molecule has 0 atom stereocenters. The molecule has 0 spiro atoms. The van der Waals surface area contributed by atoms with Gasteiger partial charge in [0, 0.05) is 29.9 Å². The largest absolute Gasteiger partial charge is 0.342 e. The molecule has 0 aliphatic carbocycles. The van der Waals surface area contributed by atoms with E-state index in [-0.39, 0.29) is 11.8 Å². The summed E-state index contributed by atoms with van der Waals surface area (Å²) in [5, 5.41) is 7.26. The van der Waals surface area contributed by atoms with Crippen LogP contribution in [0.3, 0.4) is 0 Å². The number of hydrogen-bond donors (Lipinski definition) is 1. The van der Waals surface area contributed by atoms with Crippen LogP contribution in [-0.4, -0.2) is 59.3 Å². The molecular weight excluding hydrogens is 428 g/mol. The molecule has 2 fully saturated rings. The molecule has 2 amide bonds. The first-order chi connectivity index (χ1) is 15.2. The first-order valence-electron chi connectivity index (χ1n) is 11.4. The van der Waals surface area contributed by atoms with Crippen LogP contribution >= 0.6 is 22.7 Å². The number of carbonyl (C=O) groups is 2. The molecule has 2 aliphatic heterocycles. The maximum absolute atomic E-state index is 12.7. The first kappa shape index (κ1) is 22.4. The van der Waals surface area contributed by atoms with Crippen LogP contribution in [-0.2, 0) is 22.4 Å². The Labute approximate surface area is 192 Å². The number of rotatable bonds is 7. The molecule has 2 aromatic heterocycles. The Balaban J connectivity index is 1.19. The number of nitrogens with zero attached hydrogens (tertiary/aromatic N) is 3. The monoisotopic (exact) mass is 460 g/mol. The van der Waals surface area contributed by atoms with Gasteiger partial charge in [0.2, 0.25) is 11.8 Å². The number of amides is 2. The molecule has 0 saturated carbocycles. The summed E-state index contributed by atoms with van der Waals surface area (Å²) in [5.74, 6) is 0.794. The number of anilines is 1. The van der Waals surface area contributed by atoms with Crippen LogP contribution < -0.4 is 5.32 Å². The number of thiazole rings is 1. The summed E-state index contributed by atoms with van der Waals surface area (Å²) in [5.41, 5.74) is 0.744. The Kier molecular flexibility index (Phi) is 8.10. The molecule has 4 rings (SSSR count). The van der Waals surface area contributed by atoms with Crippen molar-refractivity contribution in [2.45, 2.75) is 51.4 Å². The molecule has 0 unspecified atom stereocenters. The van der Waals surface area contributed by atoms with Crippen molar-refractivity contribution >= 4 is 39.6 Å². The SMILES string of the molecule is O=C(Cc1cccs1)Nc1nc(CC(=O)N2CCC(CN3CCCCCC3)CC2)cs1. The quantitative estimate of drug-likeness (QED) is 0.677. The summed E-state index contributed by atoms with van der Waals surface area (Å²) >= 11 is 2.96. The van der Waals surface area contributed by atoms with Gasteiger partial charge in [-0.25, -0.2) is 4.98 Å². The number of nitrogens with one attached hydrogen (secondary N) is 1. The fraction of sp³-hybridized carbons (Fsp3) is 0.609. The van der Waals surface area contributed by atoms with Gasteiger partial charge in [0.1, 0.15) is 0 Å². The molecule has 168 valence electrons. The molecule has 8 heteroatoms. The standard InChI is InChI=1S/C23H32N4O2S2/c28-21(15-20-6-5-13-30-20)25-23-24-19(17-31-23)14-22(29)27-11-7-18(8-12-27)16-26-9-3-1-2-4-10-26/h5-6,13,17-18H,1-4,7-12,14-16H2,(H,24,25,28). The highest BCUT2D eigenvalue weighted by molar-refractivity contribution is 7.14. The predicted octanol–water partition coefficient (Wildman–Crippen LogP) is 4.04. The average Bonchev–Trinajstić information content (AvgIpc) is 3.35. The number of hydrogen-bond acceptors (Lipinski definition) is 6. The third-order valence-electron chi connectivity index (χ3n) is 6.23. The van der Waals surface area contributed by atoms with Crippen molar-refractivity contribution in [3.63, 3.8) is 0 Å². The molecule has 0 aromatic carbocycles. The Morgan fingerprint density at radius 1 is 1.03 bits per heavy atom. The zero-order chi connectivity index (χ0) is 21.5. The summed E-state index contributed by atoms with van der Waals surface area (Å²) in [4.78, 5) is 35.0. The molecule has 6 nitrogen and oxygen atoms in total. The normalized spacial score (nSPS) is 18.6. The van der Waals surface area contributed by atoms with Crippen molar-refractivity contribution in [2.75, 3.05) is 38.0 Å². The van der Waals surface area contributed by atoms with Crippen molar-refractivity contribution in [2.24, 2.45) is 5.92 Å². The van der Waals surface area contributed by atoms with Gasteiger partial charge >= 0.3 is 0 Å². The summed E-state index contributed by atoms with van der Waals surface area (Å²) in [6.07, 6.45) is 8.29. The van der Waals surface area contributed by atoms with E-state index in [0.29, 0.717) is 23.9 Å². The summed E-state index contributed by atoms with van der Waals surface area (Å²) < 4.78 is 0. The van der Waals surface area contributed by atoms with E-state index >= 15 is 0 Å². The number of piperidine rings is 1. The second-order valence-corrected chi connectivity index (χ2v) is 10.6. The molecule has 31 heavy (non-hydrogen) atoms. The minimum atomic E-state index is -0.0684. The third kappa shape index (κ3) is 6.85. The van der Waals surface area contributed by atoms with Crippen molar-refractivity contribution < 1.29 is 9.59 Å². The number of thiophene rings is 1. The molecule has 2 aromatic rings. The zero-order valence-corrected chi connectivity index (χ0v) is 19.7. The average molecular weight is 461 g/mol. The first-order valence-corrected chi connectivity index (χ1v) is 13.2. The molecule has 4 heterocycles. The molecule has 1 N–H and O–H groups in total. The lowest BCUT2D eigenvalue weighted by atomic mass is 9.95. The lowest BCUT2D eigenvalue weighted by molar-refractivity contribution is -0.132. The van der Waals surface area contributed by atoms with Crippen LogP contribution in [0.1, 0.15) is 49.1 Å². The highest BCUT2D eigenvalue weighted by Gasteiger charge is 2.25. The van der Waals surface area contributed by atoms with Crippen LogP contribution in [0, 0.1) is 5.92 Å². The van der Waals surface area contributed by atoms with Gasteiger partial charge in [-0.2, -0.15) is 0 Å². The van der Waals surface area contributed by atoms with Gasteiger partial charge in [-0.3, -0.25) is 9.59 Å². The van der Waals surface area contributed by atoms with E-state index in [9.17, 15) is 9.59 Å². The van der Waals surface area contributed by atoms with Crippen molar-refractivity contribution in [3.8, 4) is 0 Å². The van der Waals surface area contributed by atoms with Crippen LogP contribution in [0.2, 0.25) is 0 Å². The smallest absolute Gasteiger partial charge is 0.231 e. The van der Waals surface area contributed by atoms with E-state index in [1.807, 2.05) is 27.8 Å². The van der Waals surface area contributed by atoms with Gasteiger partial charge < -0.3 is 15.1 Å². The Hall–Kier alpha value is -1.77. The third-order valence-corrected chi connectivity index (χ3v) is 7.91. The van der Waals surface area contributed by atoms with Crippen LogP contribution in [0.5, 0.6) is 0 Å². The van der Waals surface area contributed by atoms with Crippen molar-refractivity contribution in [1.82, 2.24) is 14.8 Å². The second-order valence-electron chi connectivity index (χ2n) is 8.66. The van der Waals surface area contributed by atoms with Gasteiger partial charge in [0.25, 0.3) is 0 Å². The highest BCUT2D eigenvalue weighted by Crippen LogP contribution is 2.22. The summed E-state index contributed by atoms with van der Waals surface area (Å²) in [6.45, 7) is 5.39. The topological polar surface area (TPSA) is 65.5 Å². The minimum absolute atomic E-state index is 0.0684. The van der Waals surface area contributed by atoms with Crippen molar-refractivity contribution in [3.05, 3.63) is 33.5 Å². The molecule has 0 bridgehead atoms. The lowest BCUT2D eigenvalue weighted by Gasteiger charge is -2.34. The van der Waals surface area contributed by atoms with Gasteiger partial charge in [-0.05, 0) is 56.1 Å². The van der Waals surface area contributed by atoms with E-state index in [4.69, 9.17) is 0 Å². The lowest BCUT2D eigenvalue weighted by Crippen LogP contribution is -2.42. The number of aromatic nitrogens is 1. The fourth-order valence-electron chi connectivity index (χ4n) is 4.50. The minimum Gasteiger partial charge on any atom is -0.342 e. The van der Waals surface area contributed by atoms with E-state index in [1.54, 1.807) is 11.3 Å². The zero-order valence-electron chi connectivity index (χ0n) is 18.1. The van der Waals surface area contributed by atoms with E-state index in [2.05, 4.69) is 15.2 Å². The second kappa shape index (κ2) is 11.2. The molecule has 0 radical (unpaired) electrons. The molecular formula is C23H32N4O2S2. The Morgan fingerprint density at radius 3 is 2.52 bits per heavy atom. The van der Waals surface area contributed by atoms with Crippen LogP contribution in [0.4, 0.5) is 5.13 Å². The maximum atomic E-state index is 12.7. The van der Waals surface area contributed by atoms with Gasteiger partial charge in [0.15, 0.2) is 5.13 Å². The number of likely N-dealkylation sites (tertiary alicyclic amines) is 2. The maximum Gasteiger partial charge on any atom is 0.231 e. The van der Waals surface area contributed by atoms with Gasteiger partial charge in [-0.15, -0.1) is 22.7 Å². The summed E-state index contributed by atoms with van der Waals surface area (Å²) in [6, 6.07) is 3.89. The van der Waals surface area contributed by atoms with E-state index in [0.717, 1.165) is 36.5 Å². The fourth-order valence-corrected chi connectivity index (χ4v) is 5.93. The van der Waals surface area contributed by atoms with Crippen molar-refractivity contribution in [1.29, 1.82) is 0 Å². The predicted molar refractivity (Wildman–Crippen MR) is 127 cm³/mol. The Morgan fingerprint density at radius 2 is 1.81 bits per heavy atom. The number of carbonyl (C=O) groups excluding carboxylic acids is 2. The molecule has 2 saturated heterocycles. The van der Waals surface area contributed by atoms with Crippen LogP contribution in [0.25, 0.3) is 0 Å². The van der Waals surface area contributed by atoms with E-state index < -0.39 is 0 Å². The van der Waals surface area contributed by atoms with Gasteiger partial charge in [-0.1, -0.05) is 18.9 Å². The molecule has 2 aliphatic rings. The van der Waals surface area contributed by atoms with Crippen LogP contribution in [0.15, 0.2) is 22.9 Å².